The molecule has 0 aromatic heterocycles. The molecule has 1 N–H and O–H groups in total. The molecular weight excluding hydrogens is 248 g/mol. The molecule has 2 aromatic carbocycles. The molecule has 0 radical (unpaired) electrons. The summed E-state index contributed by atoms with van der Waals surface area (Å²) in [6.07, 6.45) is 1.67. The summed E-state index contributed by atoms with van der Waals surface area (Å²) in [6.45, 7) is 0. The van der Waals surface area contributed by atoms with Gasteiger partial charge in [0.05, 0.1) is 11.4 Å². The summed E-state index contributed by atoms with van der Waals surface area (Å²) in [5, 5.41) is 3.02. The minimum atomic E-state index is -0.538. The number of anilines is 1. The van der Waals surface area contributed by atoms with E-state index in [1.165, 1.54) is 0 Å². The summed E-state index contributed by atoms with van der Waals surface area (Å²) >= 11 is 0. The lowest BCUT2D eigenvalue weighted by Gasteiger charge is -2.09. The SMILES string of the molecule is O=C1Nc2ccccc2C(c2ccccc2)=NC12CC2. The molecular formula is C17H14N2O. The Labute approximate surface area is 117 Å². The highest BCUT2D eigenvalue weighted by atomic mass is 16.2. The van der Waals surface area contributed by atoms with Crippen molar-refractivity contribution in [3.63, 3.8) is 0 Å². The Morgan fingerprint density at radius 2 is 1.65 bits per heavy atom. The van der Waals surface area contributed by atoms with E-state index >= 15 is 0 Å². The minimum absolute atomic E-state index is 0.0240. The Morgan fingerprint density at radius 3 is 2.40 bits per heavy atom. The topological polar surface area (TPSA) is 41.5 Å². The first kappa shape index (κ1) is 11.4. The van der Waals surface area contributed by atoms with Gasteiger partial charge in [0.1, 0.15) is 5.54 Å². The van der Waals surface area contributed by atoms with Gasteiger partial charge in [0.15, 0.2) is 0 Å². The van der Waals surface area contributed by atoms with E-state index in [2.05, 4.69) is 5.32 Å². The molecule has 2 aliphatic rings. The van der Waals surface area contributed by atoms with Crippen molar-refractivity contribution >= 4 is 17.3 Å². The van der Waals surface area contributed by atoms with E-state index in [0.717, 1.165) is 35.4 Å². The van der Waals surface area contributed by atoms with Crippen LogP contribution < -0.4 is 5.32 Å². The number of carbonyl (C=O) groups excluding carboxylic acids is 1. The molecule has 20 heavy (non-hydrogen) atoms. The van der Waals surface area contributed by atoms with E-state index in [4.69, 9.17) is 4.99 Å². The van der Waals surface area contributed by atoms with Crippen LogP contribution in [0.1, 0.15) is 24.0 Å². The second kappa shape index (κ2) is 4.04. The van der Waals surface area contributed by atoms with Crippen molar-refractivity contribution in [2.24, 2.45) is 4.99 Å². The summed E-state index contributed by atoms with van der Waals surface area (Å²) in [6, 6.07) is 17.9. The smallest absolute Gasteiger partial charge is 0.252 e. The fraction of sp³-hybridized carbons (Fsp3) is 0.176. The lowest BCUT2D eigenvalue weighted by molar-refractivity contribution is -0.118. The van der Waals surface area contributed by atoms with Crippen molar-refractivity contribution in [2.45, 2.75) is 18.4 Å². The van der Waals surface area contributed by atoms with Crippen LogP contribution in [0.15, 0.2) is 59.6 Å². The number of rotatable bonds is 1. The van der Waals surface area contributed by atoms with E-state index in [1.807, 2.05) is 54.6 Å². The van der Waals surface area contributed by atoms with E-state index in [9.17, 15) is 4.79 Å². The molecule has 1 saturated carbocycles. The molecule has 1 heterocycles. The maximum Gasteiger partial charge on any atom is 0.252 e. The van der Waals surface area contributed by atoms with Gasteiger partial charge in [0.25, 0.3) is 5.91 Å². The molecule has 0 saturated heterocycles. The van der Waals surface area contributed by atoms with Crippen LogP contribution in [0.4, 0.5) is 5.69 Å². The molecule has 0 atom stereocenters. The second-order valence-electron chi connectivity index (χ2n) is 5.36. The van der Waals surface area contributed by atoms with E-state index < -0.39 is 5.54 Å². The predicted molar refractivity (Wildman–Crippen MR) is 79.1 cm³/mol. The molecule has 0 bridgehead atoms. The normalized spacial score (nSPS) is 18.8. The molecule has 3 nitrogen and oxygen atoms in total. The van der Waals surface area contributed by atoms with Gasteiger partial charge in [-0.25, -0.2) is 0 Å². The van der Waals surface area contributed by atoms with Gasteiger partial charge >= 0.3 is 0 Å². The van der Waals surface area contributed by atoms with Gasteiger partial charge in [-0.2, -0.15) is 0 Å². The number of para-hydroxylation sites is 1. The van der Waals surface area contributed by atoms with Crippen molar-refractivity contribution in [3.8, 4) is 0 Å². The molecule has 1 aliphatic heterocycles. The third-order valence-corrected chi connectivity index (χ3v) is 3.95. The number of fused-ring (bicyclic) bond motifs is 1. The summed E-state index contributed by atoms with van der Waals surface area (Å²) in [4.78, 5) is 17.1. The van der Waals surface area contributed by atoms with Crippen LogP contribution in [0.3, 0.4) is 0 Å². The maximum atomic E-state index is 12.3. The third kappa shape index (κ3) is 1.67. The minimum Gasteiger partial charge on any atom is -0.323 e. The highest BCUT2D eigenvalue weighted by Gasteiger charge is 2.51. The van der Waals surface area contributed by atoms with Crippen LogP contribution >= 0.6 is 0 Å². The van der Waals surface area contributed by atoms with Gasteiger partial charge in [-0.1, -0.05) is 48.5 Å². The summed E-state index contributed by atoms with van der Waals surface area (Å²) in [7, 11) is 0. The molecule has 0 unspecified atom stereocenters. The van der Waals surface area contributed by atoms with E-state index in [0.29, 0.717) is 0 Å². The van der Waals surface area contributed by atoms with Crippen molar-refractivity contribution in [1.82, 2.24) is 0 Å². The zero-order valence-electron chi connectivity index (χ0n) is 11.0. The second-order valence-corrected chi connectivity index (χ2v) is 5.36. The molecule has 1 aliphatic carbocycles. The fourth-order valence-corrected chi connectivity index (χ4v) is 2.64. The van der Waals surface area contributed by atoms with Gasteiger partial charge in [-0.05, 0) is 18.9 Å². The van der Waals surface area contributed by atoms with Gasteiger partial charge in [0, 0.05) is 11.1 Å². The van der Waals surface area contributed by atoms with Crippen LogP contribution in [0.5, 0.6) is 0 Å². The maximum absolute atomic E-state index is 12.3. The standard InChI is InChI=1S/C17H14N2O/c20-16-17(10-11-17)19-15(12-6-2-1-3-7-12)13-8-4-5-9-14(13)18-16/h1-9H,10-11H2,(H,18,20). The lowest BCUT2D eigenvalue weighted by Crippen LogP contribution is -2.27. The average molecular weight is 262 g/mol. The number of hydrogen-bond acceptors (Lipinski definition) is 2. The molecule has 3 heteroatoms. The van der Waals surface area contributed by atoms with Crippen molar-refractivity contribution in [1.29, 1.82) is 0 Å². The van der Waals surface area contributed by atoms with Crippen molar-refractivity contribution in [2.75, 3.05) is 5.32 Å². The Hall–Kier alpha value is -2.42. The molecule has 1 spiro atoms. The first-order valence-corrected chi connectivity index (χ1v) is 6.85. The Balaban J connectivity index is 1.96. The van der Waals surface area contributed by atoms with Crippen LogP contribution in [-0.4, -0.2) is 17.2 Å². The molecule has 2 aromatic rings. The molecule has 1 amide bonds. The average Bonchev–Trinajstić information content (AvgIpc) is 3.28. The van der Waals surface area contributed by atoms with Crippen LogP contribution in [-0.2, 0) is 4.79 Å². The van der Waals surface area contributed by atoms with Gasteiger partial charge in [-0.15, -0.1) is 0 Å². The number of nitrogens with zero attached hydrogens (tertiary/aromatic N) is 1. The first-order valence-electron chi connectivity index (χ1n) is 6.85. The van der Waals surface area contributed by atoms with E-state index in [1.54, 1.807) is 0 Å². The number of aliphatic imine (C=N–C) groups is 1. The van der Waals surface area contributed by atoms with E-state index in [-0.39, 0.29) is 5.91 Å². The Morgan fingerprint density at radius 1 is 0.950 bits per heavy atom. The number of amides is 1. The number of benzene rings is 2. The van der Waals surface area contributed by atoms with Crippen molar-refractivity contribution < 1.29 is 4.79 Å². The zero-order valence-corrected chi connectivity index (χ0v) is 11.0. The monoisotopic (exact) mass is 262 g/mol. The Kier molecular flexibility index (Phi) is 2.30. The highest BCUT2D eigenvalue weighted by molar-refractivity contribution is 6.20. The summed E-state index contributed by atoms with van der Waals surface area (Å²) in [5.74, 6) is 0.0240. The Bertz CT molecular complexity index is 715. The predicted octanol–water partition coefficient (Wildman–Crippen LogP) is 3.01. The molecule has 4 rings (SSSR count). The molecule has 1 fully saturated rings. The third-order valence-electron chi connectivity index (χ3n) is 3.95. The number of hydrogen-bond donors (Lipinski definition) is 1. The van der Waals surface area contributed by atoms with Crippen LogP contribution in [0, 0.1) is 0 Å². The number of nitrogens with one attached hydrogen (secondary N) is 1. The fourth-order valence-electron chi connectivity index (χ4n) is 2.64. The number of carbonyl (C=O) groups is 1. The highest BCUT2D eigenvalue weighted by Crippen LogP contribution is 2.43. The quantitative estimate of drug-likeness (QED) is 0.843. The van der Waals surface area contributed by atoms with Gasteiger partial charge < -0.3 is 5.32 Å². The first-order chi connectivity index (χ1) is 9.78. The summed E-state index contributed by atoms with van der Waals surface area (Å²) < 4.78 is 0. The van der Waals surface area contributed by atoms with Gasteiger partial charge in [0.2, 0.25) is 0 Å². The van der Waals surface area contributed by atoms with Gasteiger partial charge in [-0.3, -0.25) is 9.79 Å². The van der Waals surface area contributed by atoms with Crippen molar-refractivity contribution in [3.05, 3.63) is 65.7 Å². The summed E-state index contributed by atoms with van der Waals surface area (Å²) in [5.41, 5.74) is 3.28. The van der Waals surface area contributed by atoms with Crippen LogP contribution in [0.2, 0.25) is 0 Å². The van der Waals surface area contributed by atoms with Crippen LogP contribution in [0.25, 0.3) is 0 Å². The lowest BCUT2D eigenvalue weighted by atomic mass is 10.0. The zero-order chi connectivity index (χ0) is 13.6. The largest absolute Gasteiger partial charge is 0.323 e. The molecule has 98 valence electrons.